The van der Waals surface area contributed by atoms with Gasteiger partial charge in [0.1, 0.15) is 23.9 Å². The summed E-state index contributed by atoms with van der Waals surface area (Å²) in [5.74, 6) is -1.07. The lowest BCUT2D eigenvalue weighted by Crippen LogP contribution is -2.45. The van der Waals surface area contributed by atoms with E-state index in [1.54, 1.807) is 20.8 Å². The molecule has 0 saturated carbocycles. The van der Waals surface area contributed by atoms with Crippen LogP contribution in [0.2, 0.25) is 0 Å². The summed E-state index contributed by atoms with van der Waals surface area (Å²) < 4.78 is 5.10. The Morgan fingerprint density at radius 1 is 1.17 bits per heavy atom. The molecule has 3 amide bonds. The molecule has 1 atom stereocenters. The van der Waals surface area contributed by atoms with Crippen LogP contribution < -0.4 is 10.6 Å². The molecule has 0 aliphatic carbocycles. The van der Waals surface area contributed by atoms with E-state index >= 15 is 0 Å². The summed E-state index contributed by atoms with van der Waals surface area (Å²) in [5, 5.41) is 14.7. The molecule has 0 fully saturated rings. The Morgan fingerprint density at radius 2 is 1.80 bits per heavy atom. The Morgan fingerprint density at radius 3 is 2.33 bits per heavy atom. The lowest BCUT2D eigenvalue weighted by atomic mass is 10.0. The number of terminal acetylenes is 1. The average molecular weight is 418 g/mol. The van der Waals surface area contributed by atoms with Crippen molar-refractivity contribution < 1.29 is 24.2 Å². The number of hydrogen-bond acceptors (Lipinski definition) is 5. The maximum atomic E-state index is 12.8. The number of carbonyl (C=O) groups excluding carboxylic acids is 3. The molecule has 3 N–H and O–H groups in total. The van der Waals surface area contributed by atoms with Crippen molar-refractivity contribution >= 4 is 17.9 Å². The fourth-order valence-corrected chi connectivity index (χ4v) is 2.60. The predicted octanol–water partition coefficient (Wildman–Crippen LogP) is 2.68. The van der Waals surface area contributed by atoms with Crippen LogP contribution >= 0.6 is 0 Å². The van der Waals surface area contributed by atoms with Gasteiger partial charge in [0.2, 0.25) is 5.91 Å². The molecule has 8 nitrogen and oxygen atoms in total. The first kappa shape index (κ1) is 24.8. The minimum atomic E-state index is -1.11. The number of unbranched alkanes of at least 4 members (excludes halogenated alkanes) is 2. The molecule has 0 bridgehead atoms. The maximum Gasteiger partial charge on any atom is 0.408 e. The number of aromatic hydroxyl groups is 1. The molecule has 0 aliphatic rings. The van der Waals surface area contributed by atoms with Crippen LogP contribution in [0.15, 0.2) is 24.3 Å². The second kappa shape index (κ2) is 11.7. The first-order valence-electron chi connectivity index (χ1n) is 9.90. The standard InChI is InChI=1S/C22H31N3O5/c1-6-8-9-14-23-20(28)19(16-10-12-17(26)13-11-16)25(7-2)18(27)15-24-21(29)30-22(3,4)5/h2,10-13,19,26H,6,8-9,14-15H2,1,3-5H3,(H,23,28)(H,24,29). The van der Waals surface area contributed by atoms with Crippen LogP contribution in [0.3, 0.4) is 0 Å². The summed E-state index contributed by atoms with van der Waals surface area (Å²) in [6, 6.07) is 6.98. The number of amides is 3. The highest BCUT2D eigenvalue weighted by Gasteiger charge is 2.31. The third-order valence-electron chi connectivity index (χ3n) is 3.99. The number of nitrogens with one attached hydrogen (secondary N) is 2. The first-order chi connectivity index (χ1) is 14.1. The monoisotopic (exact) mass is 417 g/mol. The highest BCUT2D eigenvalue weighted by atomic mass is 16.6. The Bertz CT molecular complexity index is 762. The van der Waals surface area contributed by atoms with E-state index < -0.39 is 36.1 Å². The van der Waals surface area contributed by atoms with Crippen LogP contribution in [0.4, 0.5) is 4.79 Å². The highest BCUT2D eigenvalue weighted by molar-refractivity contribution is 5.91. The van der Waals surface area contributed by atoms with Gasteiger partial charge in [-0.2, -0.15) is 0 Å². The molecule has 0 aliphatic heterocycles. The molecule has 0 saturated heterocycles. The fraction of sp³-hybridized carbons (Fsp3) is 0.500. The number of nitrogens with zero attached hydrogens (tertiary/aromatic N) is 1. The minimum Gasteiger partial charge on any atom is -0.508 e. The van der Waals surface area contributed by atoms with Crippen LogP contribution in [-0.4, -0.2) is 46.6 Å². The van der Waals surface area contributed by atoms with E-state index in [9.17, 15) is 19.5 Å². The van der Waals surface area contributed by atoms with E-state index in [4.69, 9.17) is 11.2 Å². The van der Waals surface area contributed by atoms with Crippen molar-refractivity contribution in [3.63, 3.8) is 0 Å². The van der Waals surface area contributed by atoms with Gasteiger partial charge in [0, 0.05) is 12.6 Å². The molecule has 1 rings (SSSR count). The summed E-state index contributed by atoms with van der Waals surface area (Å²) in [6.45, 7) is 7.17. The summed E-state index contributed by atoms with van der Waals surface area (Å²) in [6.07, 6.45) is 7.54. The molecule has 0 aromatic heterocycles. The maximum absolute atomic E-state index is 12.8. The SMILES string of the molecule is C#CN(C(=O)CNC(=O)OC(C)(C)C)C(C(=O)NCCCCC)c1ccc(O)cc1. The molecule has 30 heavy (non-hydrogen) atoms. The van der Waals surface area contributed by atoms with Crippen LogP contribution in [0.5, 0.6) is 5.75 Å². The van der Waals surface area contributed by atoms with Crippen LogP contribution in [0, 0.1) is 12.5 Å². The number of phenolic OH excluding ortho intramolecular Hbond substituents is 1. The number of alkyl carbamates (subject to hydrolysis) is 1. The van der Waals surface area contributed by atoms with Gasteiger partial charge in [-0.1, -0.05) is 38.3 Å². The van der Waals surface area contributed by atoms with Crippen molar-refractivity contribution in [3.8, 4) is 18.2 Å². The van der Waals surface area contributed by atoms with Crippen LogP contribution in [0.1, 0.15) is 58.6 Å². The van der Waals surface area contributed by atoms with E-state index in [-0.39, 0.29) is 5.75 Å². The van der Waals surface area contributed by atoms with E-state index in [1.807, 2.05) is 0 Å². The highest BCUT2D eigenvalue weighted by Crippen LogP contribution is 2.23. The number of phenols is 1. The number of rotatable bonds is 9. The number of hydrogen-bond donors (Lipinski definition) is 3. The zero-order chi connectivity index (χ0) is 22.7. The minimum absolute atomic E-state index is 0.0195. The second-order valence-corrected chi connectivity index (χ2v) is 7.74. The van der Waals surface area contributed by atoms with Crippen LogP contribution in [0.25, 0.3) is 0 Å². The fourth-order valence-electron chi connectivity index (χ4n) is 2.60. The van der Waals surface area contributed by atoms with Crippen molar-refractivity contribution in [3.05, 3.63) is 29.8 Å². The van der Waals surface area contributed by atoms with Gasteiger partial charge >= 0.3 is 6.09 Å². The molecule has 164 valence electrons. The van der Waals surface area contributed by atoms with E-state index in [2.05, 4.69) is 23.6 Å². The Balaban J connectivity index is 2.97. The van der Waals surface area contributed by atoms with Crippen molar-refractivity contribution in [1.29, 1.82) is 0 Å². The second-order valence-electron chi connectivity index (χ2n) is 7.74. The van der Waals surface area contributed by atoms with Gasteiger partial charge in [-0.3, -0.25) is 14.5 Å². The summed E-state index contributed by atoms with van der Waals surface area (Å²) in [7, 11) is 0. The van der Waals surface area contributed by atoms with Gasteiger partial charge in [-0.15, -0.1) is 0 Å². The summed E-state index contributed by atoms with van der Waals surface area (Å²) in [5.41, 5.74) is -0.282. The van der Waals surface area contributed by atoms with Gasteiger partial charge < -0.3 is 20.5 Å². The lowest BCUT2D eigenvalue weighted by Gasteiger charge is -2.27. The average Bonchev–Trinajstić information content (AvgIpc) is 2.67. The van der Waals surface area contributed by atoms with Crippen LogP contribution in [-0.2, 0) is 14.3 Å². The van der Waals surface area contributed by atoms with Crippen molar-refractivity contribution in [2.75, 3.05) is 13.1 Å². The molecular formula is C22H31N3O5. The zero-order valence-corrected chi connectivity index (χ0v) is 18.0. The smallest absolute Gasteiger partial charge is 0.408 e. The molecule has 0 spiro atoms. The summed E-state index contributed by atoms with van der Waals surface area (Å²) >= 11 is 0. The molecule has 0 radical (unpaired) electrons. The van der Waals surface area contributed by atoms with Crippen molar-refractivity contribution in [2.45, 2.75) is 58.6 Å². The molecule has 8 heteroatoms. The van der Waals surface area contributed by atoms with Crippen molar-refractivity contribution in [2.24, 2.45) is 0 Å². The van der Waals surface area contributed by atoms with E-state index in [0.29, 0.717) is 12.1 Å². The zero-order valence-electron chi connectivity index (χ0n) is 18.0. The quantitative estimate of drug-likeness (QED) is 0.325. The van der Waals surface area contributed by atoms with Crippen molar-refractivity contribution in [1.82, 2.24) is 15.5 Å². The molecular weight excluding hydrogens is 386 g/mol. The number of ether oxygens (including phenoxy) is 1. The van der Waals surface area contributed by atoms with E-state index in [0.717, 1.165) is 24.2 Å². The third-order valence-corrected chi connectivity index (χ3v) is 3.99. The first-order valence-corrected chi connectivity index (χ1v) is 9.90. The normalized spacial score (nSPS) is 11.7. The largest absolute Gasteiger partial charge is 0.508 e. The Kier molecular flexibility index (Phi) is 9.69. The number of benzene rings is 1. The Labute approximate surface area is 178 Å². The van der Waals surface area contributed by atoms with Gasteiger partial charge in [0.05, 0.1) is 0 Å². The van der Waals surface area contributed by atoms with Gasteiger partial charge in [-0.05, 0) is 44.9 Å². The lowest BCUT2D eigenvalue weighted by molar-refractivity contribution is -0.136. The number of carbonyl (C=O) groups is 3. The van der Waals surface area contributed by atoms with E-state index in [1.165, 1.54) is 24.3 Å². The molecule has 0 heterocycles. The van der Waals surface area contributed by atoms with Gasteiger partial charge in [-0.25, -0.2) is 4.79 Å². The Hall–Kier alpha value is -3.21. The predicted molar refractivity (Wildman–Crippen MR) is 113 cm³/mol. The van der Waals surface area contributed by atoms with Gasteiger partial charge in [0.15, 0.2) is 0 Å². The van der Waals surface area contributed by atoms with Gasteiger partial charge in [0.25, 0.3) is 5.91 Å². The molecule has 1 unspecified atom stereocenters. The molecule has 1 aromatic carbocycles. The molecule has 1 aromatic rings. The summed E-state index contributed by atoms with van der Waals surface area (Å²) in [4.78, 5) is 38.3. The topological polar surface area (TPSA) is 108 Å². The third kappa shape index (κ3) is 8.43.